The van der Waals surface area contributed by atoms with Gasteiger partial charge in [-0.2, -0.15) is 0 Å². The lowest BCUT2D eigenvalue weighted by molar-refractivity contribution is 0.0398. The summed E-state index contributed by atoms with van der Waals surface area (Å²) in [5.74, 6) is -1.90. The molecule has 1 N–H and O–H groups in total. The van der Waals surface area contributed by atoms with Crippen LogP contribution in [0.25, 0.3) is 0 Å². The molecule has 3 aromatic rings. The van der Waals surface area contributed by atoms with Gasteiger partial charge >= 0.3 is 11.9 Å². The first-order valence-electron chi connectivity index (χ1n) is 8.75. The highest BCUT2D eigenvalue weighted by atomic mass is 16.6. The van der Waals surface area contributed by atoms with Gasteiger partial charge in [-0.3, -0.25) is 4.79 Å². The molecule has 0 atom stereocenters. The molecular formula is C23H19NO4. The summed E-state index contributed by atoms with van der Waals surface area (Å²) < 4.78 is 5.03. The number of rotatable bonds is 4. The molecule has 0 fully saturated rings. The van der Waals surface area contributed by atoms with Gasteiger partial charge in [0.1, 0.15) is 0 Å². The molecule has 0 spiro atoms. The topological polar surface area (TPSA) is 72.5 Å². The minimum Gasteiger partial charge on any atom is -0.386 e. The molecule has 0 aromatic heterocycles. The van der Waals surface area contributed by atoms with Gasteiger partial charge in [-0.25, -0.2) is 9.59 Å². The van der Waals surface area contributed by atoms with E-state index in [4.69, 9.17) is 4.74 Å². The van der Waals surface area contributed by atoms with E-state index in [1.54, 1.807) is 61.5 Å². The lowest BCUT2D eigenvalue weighted by atomic mass is 10.1. The predicted molar refractivity (Wildman–Crippen MR) is 106 cm³/mol. The van der Waals surface area contributed by atoms with E-state index < -0.39 is 11.9 Å². The molecule has 3 rings (SSSR count). The fraction of sp³-hybridized carbons (Fsp3) is 0.0870. The lowest BCUT2D eigenvalue weighted by Crippen LogP contribution is -2.18. The van der Waals surface area contributed by atoms with E-state index in [9.17, 15) is 14.4 Å². The van der Waals surface area contributed by atoms with Gasteiger partial charge in [0.2, 0.25) is 0 Å². The summed E-state index contributed by atoms with van der Waals surface area (Å²) in [6.07, 6.45) is 0. The zero-order chi connectivity index (χ0) is 20.1. The fourth-order valence-electron chi connectivity index (χ4n) is 2.78. The van der Waals surface area contributed by atoms with Crippen LogP contribution in [-0.4, -0.2) is 17.8 Å². The molecule has 0 radical (unpaired) electrons. The molecule has 0 aliphatic carbocycles. The second kappa shape index (κ2) is 8.31. The molecule has 5 heteroatoms. The van der Waals surface area contributed by atoms with Crippen molar-refractivity contribution in [3.8, 4) is 0 Å². The Morgan fingerprint density at radius 3 is 1.71 bits per heavy atom. The fourth-order valence-corrected chi connectivity index (χ4v) is 2.78. The van der Waals surface area contributed by atoms with E-state index in [2.05, 4.69) is 5.32 Å². The molecule has 0 heterocycles. The Hall–Kier alpha value is -3.73. The maximum absolute atomic E-state index is 12.6. The Morgan fingerprint density at radius 1 is 0.643 bits per heavy atom. The number of benzene rings is 3. The van der Waals surface area contributed by atoms with Crippen molar-refractivity contribution in [2.45, 2.75) is 13.8 Å². The van der Waals surface area contributed by atoms with Crippen molar-refractivity contribution in [1.82, 2.24) is 0 Å². The molecule has 28 heavy (non-hydrogen) atoms. The number of anilines is 1. The van der Waals surface area contributed by atoms with E-state index in [0.29, 0.717) is 16.7 Å². The van der Waals surface area contributed by atoms with Crippen molar-refractivity contribution in [3.05, 3.63) is 101 Å². The molecule has 1 amide bonds. The van der Waals surface area contributed by atoms with Gasteiger partial charge in [-0.15, -0.1) is 0 Å². The van der Waals surface area contributed by atoms with E-state index in [0.717, 1.165) is 5.56 Å². The Bertz CT molecular complexity index is 1060. The van der Waals surface area contributed by atoms with Crippen LogP contribution in [0.3, 0.4) is 0 Å². The zero-order valence-corrected chi connectivity index (χ0v) is 15.6. The van der Waals surface area contributed by atoms with Crippen molar-refractivity contribution in [1.29, 1.82) is 0 Å². The van der Waals surface area contributed by atoms with Crippen molar-refractivity contribution < 1.29 is 19.1 Å². The first-order chi connectivity index (χ1) is 13.5. The molecule has 0 saturated heterocycles. The number of carbonyl (C=O) groups is 3. The summed E-state index contributed by atoms with van der Waals surface area (Å²) in [7, 11) is 0. The van der Waals surface area contributed by atoms with Crippen LogP contribution >= 0.6 is 0 Å². The van der Waals surface area contributed by atoms with E-state index in [-0.39, 0.29) is 17.2 Å². The van der Waals surface area contributed by atoms with Crippen LogP contribution < -0.4 is 5.32 Å². The molecule has 0 bridgehead atoms. The number of esters is 2. The smallest absolute Gasteiger partial charge is 0.348 e. The lowest BCUT2D eigenvalue weighted by Gasteiger charge is -2.12. The van der Waals surface area contributed by atoms with Crippen molar-refractivity contribution in [2.24, 2.45) is 0 Å². The number of ether oxygens (including phenoxy) is 1. The predicted octanol–water partition coefficient (Wildman–Crippen LogP) is 4.55. The molecule has 140 valence electrons. The molecule has 0 aliphatic rings. The highest BCUT2D eigenvalue weighted by Gasteiger charge is 2.20. The molecular weight excluding hydrogens is 354 g/mol. The maximum Gasteiger partial charge on any atom is 0.348 e. The first-order valence-corrected chi connectivity index (χ1v) is 8.75. The second-order valence-corrected chi connectivity index (χ2v) is 6.31. The normalized spacial score (nSPS) is 10.2. The largest absolute Gasteiger partial charge is 0.386 e. The van der Waals surface area contributed by atoms with Gasteiger partial charge in [0.05, 0.1) is 16.8 Å². The molecule has 0 aliphatic heterocycles. The number of aryl methyl sites for hydroxylation is 2. The van der Waals surface area contributed by atoms with Gasteiger partial charge in [0, 0.05) is 5.56 Å². The van der Waals surface area contributed by atoms with Gasteiger partial charge in [-0.05, 0) is 49.2 Å². The van der Waals surface area contributed by atoms with Crippen molar-refractivity contribution >= 4 is 23.5 Å². The standard InChI is InChI=1S/C23H19NO4/c1-15-9-3-5-11-17(15)21(25)24-20-14-8-7-13-19(20)23(27)28-22(26)18-12-6-4-10-16(18)2/h3-14H,1-2H3,(H,24,25). The average molecular weight is 373 g/mol. The minimum absolute atomic E-state index is 0.103. The Morgan fingerprint density at radius 2 is 1.11 bits per heavy atom. The number of hydrogen-bond donors (Lipinski definition) is 1. The summed E-state index contributed by atoms with van der Waals surface area (Å²) in [5.41, 5.74) is 2.72. The number of para-hydroxylation sites is 1. The number of nitrogens with one attached hydrogen (secondary N) is 1. The van der Waals surface area contributed by atoms with Gasteiger partial charge in [0.15, 0.2) is 0 Å². The number of carbonyl (C=O) groups excluding carboxylic acids is 3. The zero-order valence-electron chi connectivity index (χ0n) is 15.6. The highest BCUT2D eigenvalue weighted by Crippen LogP contribution is 2.19. The van der Waals surface area contributed by atoms with E-state index in [1.165, 1.54) is 6.07 Å². The third kappa shape index (κ3) is 4.15. The van der Waals surface area contributed by atoms with Crippen LogP contribution in [0.1, 0.15) is 42.2 Å². The minimum atomic E-state index is -0.825. The Labute approximate surface area is 163 Å². The number of hydrogen-bond acceptors (Lipinski definition) is 4. The number of amides is 1. The van der Waals surface area contributed by atoms with Crippen molar-refractivity contribution in [2.75, 3.05) is 5.32 Å². The van der Waals surface area contributed by atoms with Crippen molar-refractivity contribution in [3.63, 3.8) is 0 Å². The summed E-state index contributed by atoms with van der Waals surface area (Å²) in [6, 6.07) is 20.4. The third-order valence-corrected chi connectivity index (χ3v) is 4.34. The third-order valence-electron chi connectivity index (χ3n) is 4.34. The van der Waals surface area contributed by atoms with Crippen LogP contribution in [0.5, 0.6) is 0 Å². The molecule has 3 aromatic carbocycles. The summed E-state index contributed by atoms with van der Waals surface area (Å²) >= 11 is 0. The summed E-state index contributed by atoms with van der Waals surface area (Å²) in [5, 5.41) is 2.72. The monoisotopic (exact) mass is 373 g/mol. The van der Waals surface area contributed by atoms with E-state index in [1.807, 2.05) is 19.1 Å². The summed E-state index contributed by atoms with van der Waals surface area (Å²) in [6.45, 7) is 3.59. The van der Waals surface area contributed by atoms with Crippen LogP contribution in [0, 0.1) is 13.8 Å². The molecule has 0 unspecified atom stereocenters. The van der Waals surface area contributed by atoms with Gasteiger partial charge in [-0.1, -0.05) is 48.5 Å². The van der Waals surface area contributed by atoms with E-state index >= 15 is 0 Å². The maximum atomic E-state index is 12.6. The van der Waals surface area contributed by atoms with Gasteiger partial charge < -0.3 is 10.1 Å². The van der Waals surface area contributed by atoms with Gasteiger partial charge in [0.25, 0.3) is 5.91 Å². The molecule has 5 nitrogen and oxygen atoms in total. The Balaban J connectivity index is 1.81. The first kappa shape index (κ1) is 19.0. The highest BCUT2D eigenvalue weighted by molar-refractivity contribution is 6.10. The SMILES string of the molecule is Cc1ccccc1C(=O)Nc1ccccc1C(=O)OC(=O)c1ccccc1C. The second-order valence-electron chi connectivity index (χ2n) is 6.31. The quantitative estimate of drug-likeness (QED) is 0.538. The average Bonchev–Trinajstić information content (AvgIpc) is 2.68. The van der Waals surface area contributed by atoms with Crippen LogP contribution in [0.4, 0.5) is 5.69 Å². The van der Waals surface area contributed by atoms with Crippen LogP contribution in [0.15, 0.2) is 72.8 Å². The van der Waals surface area contributed by atoms with Crippen LogP contribution in [-0.2, 0) is 4.74 Å². The Kier molecular flexibility index (Phi) is 5.65. The van der Waals surface area contributed by atoms with Crippen LogP contribution in [0.2, 0.25) is 0 Å². The summed E-state index contributed by atoms with van der Waals surface area (Å²) in [4.78, 5) is 37.4. The molecule has 0 saturated carbocycles.